The number of rotatable bonds is 2. The van der Waals surface area contributed by atoms with Crippen LogP contribution in [0.25, 0.3) is 0 Å². The van der Waals surface area contributed by atoms with Crippen LogP contribution in [0, 0.1) is 0 Å². The quantitative estimate of drug-likeness (QED) is 0.161. The molecule has 0 amide bonds. The molecule has 0 aromatic rings. The summed E-state index contributed by atoms with van der Waals surface area (Å²) >= 11 is 0. The monoisotopic (exact) mass is 220 g/mol. The number of aliphatic hydroxyl groups excluding tert-OH is 3. The molecule has 1 fully saturated rings. The first-order valence-corrected chi connectivity index (χ1v) is 4.47. The zero-order chi connectivity index (χ0) is 11.6. The van der Waals surface area contributed by atoms with E-state index in [0.29, 0.717) is 0 Å². The van der Waals surface area contributed by atoms with Gasteiger partial charge in [0.25, 0.3) is 0 Å². The van der Waals surface area contributed by atoms with Crippen LogP contribution in [0.4, 0.5) is 0 Å². The molecule has 0 aromatic heterocycles. The van der Waals surface area contributed by atoms with Crippen molar-refractivity contribution in [2.45, 2.75) is 37.6 Å². The average molecular weight is 220 g/mol. The molecule has 0 spiro atoms. The minimum absolute atomic E-state index is 0.223. The van der Waals surface area contributed by atoms with Gasteiger partial charge in [0.2, 0.25) is 5.96 Å². The average Bonchev–Trinajstić information content (AvgIpc) is 2.18. The Morgan fingerprint density at radius 2 is 1.80 bits per heavy atom. The van der Waals surface area contributed by atoms with Crippen molar-refractivity contribution in [1.82, 2.24) is 5.43 Å². The van der Waals surface area contributed by atoms with E-state index in [1.165, 1.54) is 0 Å². The van der Waals surface area contributed by atoms with E-state index in [2.05, 4.69) is 10.5 Å². The van der Waals surface area contributed by atoms with Crippen molar-refractivity contribution < 1.29 is 20.1 Å². The Bertz CT molecular complexity index is 245. The van der Waals surface area contributed by atoms with E-state index in [1.54, 1.807) is 6.92 Å². The number of nitrogens with zero attached hydrogens (tertiary/aromatic N) is 1. The SMILES string of the molecule is C[C@@H]1O[C@@H](NN=C(N)N)[C@H](O)[C@H](O)[C@H]1O. The van der Waals surface area contributed by atoms with Gasteiger partial charge in [-0.05, 0) is 6.92 Å². The summed E-state index contributed by atoms with van der Waals surface area (Å²) in [5, 5.41) is 31.7. The molecular weight excluding hydrogens is 204 g/mol. The lowest BCUT2D eigenvalue weighted by Gasteiger charge is -2.38. The summed E-state index contributed by atoms with van der Waals surface area (Å²) in [7, 11) is 0. The predicted octanol–water partition coefficient (Wildman–Crippen LogP) is -3.41. The zero-order valence-corrected chi connectivity index (χ0v) is 8.24. The van der Waals surface area contributed by atoms with Gasteiger partial charge in [-0.3, -0.25) is 5.43 Å². The fourth-order valence-corrected chi connectivity index (χ4v) is 1.30. The number of nitrogens with one attached hydrogen (secondary N) is 1. The molecule has 0 aliphatic carbocycles. The molecular formula is C7H16N4O4. The third-order valence-electron chi connectivity index (χ3n) is 2.17. The van der Waals surface area contributed by atoms with Gasteiger partial charge in [0.05, 0.1) is 6.10 Å². The number of hydrogen-bond donors (Lipinski definition) is 6. The van der Waals surface area contributed by atoms with E-state index in [4.69, 9.17) is 16.2 Å². The summed E-state index contributed by atoms with van der Waals surface area (Å²) in [4.78, 5) is 0. The highest BCUT2D eigenvalue weighted by atomic mass is 16.5. The van der Waals surface area contributed by atoms with Crippen molar-refractivity contribution in [1.29, 1.82) is 0 Å². The molecule has 0 bridgehead atoms. The molecule has 8 N–H and O–H groups in total. The molecule has 1 rings (SSSR count). The number of hydrazone groups is 1. The lowest BCUT2D eigenvalue weighted by molar-refractivity contribution is -0.224. The first-order chi connectivity index (χ1) is 6.93. The molecule has 8 nitrogen and oxygen atoms in total. The van der Waals surface area contributed by atoms with Gasteiger partial charge in [-0.2, -0.15) is 0 Å². The van der Waals surface area contributed by atoms with Crippen LogP contribution in [0.5, 0.6) is 0 Å². The fraction of sp³-hybridized carbons (Fsp3) is 0.857. The van der Waals surface area contributed by atoms with Gasteiger partial charge in [0.15, 0.2) is 6.23 Å². The molecule has 5 atom stereocenters. The number of aliphatic hydroxyl groups is 3. The molecule has 1 saturated heterocycles. The second kappa shape index (κ2) is 4.62. The van der Waals surface area contributed by atoms with Crippen molar-refractivity contribution >= 4 is 5.96 Å². The highest BCUT2D eigenvalue weighted by Gasteiger charge is 2.41. The molecule has 0 saturated carbocycles. The number of hydrogen-bond acceptors (Lipinski definition) is 6. The van der Waals surface area contributed by atoms with Crippen LogP contribution < -0.4 is 16.9 Å². The maximum atomic E-state index is 9.49. The van der Waals surface area contributed by atoms with Crippen LogP contribution in [-0.2, 0) is 4.74 Å². The van der Waals surface area contributed by atoms with Crippen LogP contribution in [0.1, 0.15) is 6.92 Å². The molecule has 0 radical (unpaired) electrons. The Morgan fingerprint density at radius 3 is 2.33 bits per heavy atom. The number of nitrogens with two attached hydrogens (primary N) is 2. The van der Waals surface area contributed by atoms with Crippen LogP contribution in [0.2, 0.25) is 0 Å². The Labute approximate surface area is 86.5 Å². The zero-order valence-electron chi connectivity index (χ0n) is 8.24. The van der Waals surface area contributed by atoms with Crippen molar-refractivity contribution in [3.8, 4) is 0 Å². The third kappa shape index (κ3) is 2.69. The van der Waals surface area contributed by atoms with Gasteiger partial charge >= 0.3 is 0 Å². The summed E-state index contributed by atoms with van der Waals surface area (Å²) in [5.74, 6) is -0.223. The summed E-state index contributed by atoms with van der Waals surface area (Å²) in [5.41, 5.74) is 12.5. The van der Waals surface area contributed by atoms with Gasteiger partial charge in [-0.15, -0.1) is 5.10 Å². The highest BCUT2D eigenvalue weighted by Crippen LogP contribution is 2.19. The normalized spacial score (nSPS) is 40.9. The molecule has 1 aliphatic rings. The largest absolute Gasteiger partial charge is 0.388 e. The molecule has 8 heteroatoms. The highest BCUT2D eigenvalue weighted by molar-refractivity contribution is 5.75. The summed E-state index contributed by atoms with van der Waals surface area (Å²) in [6.07, 6.45) is -5.34. The summed E-state index contributed by atoms with van der Waals surface area (Å²) < 4.78 is 5.14. The minimum Gasteiger partial charge on any atom is -0.388 e. The van der Waals surface area contributed by atoms with Gasteiger partial charge in [0.1, 0.15) is 18.3 Å². The molecule has 88 valence electrons. The van der Waals surface area contributed by atoms with E-state index in [9.17, 15) is 15.3 Å². The standard InChI is InChI=1S/C7H16N4O4/c1-2-3(12)4(13)5(14)6(15-2)10-11-7(8)9/h2-6,10,12-14H,1H3,(H4,8,9,11)/t2-,3-,4+,5+,6+/m0/s1. The maximum absolute atomic E-state index is 9.49. The Morgan fingerprint density at radius 1 is 1.20 bits per heavy atom. The number of guanidine groups is 1. The Kier molecular flexibility index (Phi) is 3.69. The van der Waals surface area contributed by atoms with Crippen LogP contribution in [0.15, 0.2) is 5.10 Å². The second-order valence-corrected chi connectivity index (χ2v) is 3.40. The van der Waals surface area contributed by atoms with Crippen LogP contribution in [-0.4, -0.2) is 51.9 Å². The van der Waals surface area contributed by atoms with Crippen molar-refractivity contribution in [2.24, 2.45) is 16.6 Å². The van der Waals surface area contributed by atoms with Crippen molar-refractivity contribution in [2.75, 3.05) is 0 Å². The van der Waals surface area contributed by atoms with Gasteiger partial charge < -0.3 is 31.5 Å². The first-order valence-electron chi connectivity index (χ1n) is 4.47. The topological polar surface area (TPSA) is 146 Å². The fourth-order valence-electron chi connectivity index (χ4n) is 1.30. The van der Waals surface area contributed by atoms with Crippen molar-refractivity contribution in [3.63, 3.8) is 0 Å². The van der Waals surface area contributed by atoms with E-state index in [0.717, 1.165) is 0 Å². The van der Waals surface area contributed by atoms with E-state index >= 15 is 0 Å². The molecule has 1 heterocycles. The smallest absolute Gasteiger partial charge is 0.208 e. The van der Waals surface area contributed by atoms with Crippen LogP contribution >= 0.6 is 0 Å². The maximum Gasteiger partial charge on any atom is 0.208 e. The molecule has 1 aliphatic heterocycles. The first kappa shape index (κ1) is 12.0. The Hall–Kier alpha value is -1.09. The predicted molar refractivity (Wildman–Crippen MR) is 51.3 cm³/mol. The van der Waals surface area contributed by atoms with Gasteiger partial charge in [-0.25, -0.2) is 0 Å². The van der Waals surface area contributed by atoms with Crippen molar-refractivity contribution in [3.05, 3.63) is 0 Å². The van der Waals surface area contributed by atoms with E-state index in [-0.39, 0.29) is 5.96 Å². The lowest BCUT2D eigenvalue weighted by atomic mass is 9.99. The molecule has 15 heavy (non-hydrogen) atoms. The molecule has 0 unspecified atom stereocenters. The second-order valence-electron chi connectivity index (χ2n) is 3.40. The third-order valence-corrected chi connectivity index (χ3v) is 2.17. The lowest BCUT2D eigenvalue weighted by Crippen LogP contribution is -2.60. The minimum atomic E-state index is -1.31. The summed E-state index contributed by atoms with van der Waals surface area (Å²) in [6, 6.07) is 0. The van der Waals surface area contributed by atoms with Gasteiger partial charge in [0, 0.05) is 0 Å². The Balaban J connectivity index is 2.62. The van der Waals surface area contributed by atoms with Crippen LogP contribution in [0.3, 0.4) is 0 Å². The molecule has 0 aromatic carbocycles. The van der Waals surface area contributed by atoms with E-state index < -0.39 is 30.6 Å². The van der Waals surface area contributed by atoms with E-state index in [1.807, 2.05) is 0 Å². The number of ether oxygens (including phenoxy) is 1. The summed E-state index contributed by atoms with van der Waals surface area (Å²) in [6.45, 7) is 1.56. The van der Waals surface area contributed by atoms with Gasteiger partial charge in [-0.1, -0.05) is 0 Å².